The lowest BCUT2D eigenvalue weighted by Crippen LogP contribution is -2.46. The van der Waals surface area contributed by atoms with E-state index in [1.807, 2.05) is 17.2 Å². The van der Waals surface area contributed by atoms with Gasteiger partial charge in [-0.15, -0.1) is 13.2 Å². The number of H-pyrrole nitrogens is 1. The molecule has 0 saturated carbocycles. The molecule has 36 heavy (non-hydrogen) atoms. The van der Waals surface area contributed by atoms with Crippen molar-refractivity contribution >= 4 is 22.8 Å². The number of piperidine rings is 1. The van der Waals surface area contributed by atoms with Crippen LogP contribution >= 0.6 is 0 Å². The van der Waals surface area contributed by atoms with Gasteiger partial charge in [0.2, 0.25) is 0 Å². The van der Waals surface area contributed by atoms with Crippen LogP contribution in [0.4, 0.5) is 13.2 Å². The zero-order chi connectivity index (χ0) is 25.3. The number of nitrogens with zero attached hydrogens (tertiary/aromatic N) is 3. The summed E-state index contributed by atoms with van der Waals surface area (Å²) >= 11 is 0. The fourth-order valence-corrected chi connectivity index (χ4v) is 4.90. The van der Waals surface area contributed by atoms with Crippen LogP contribution in [0.25, 0.3) is 11.0 Å². The summed E-state index contributed by atoms with van der Waals surface area (Å²) in [6, 6.07) is 6.88. The highest BCUT2D eigenvalue weighted by atomic mass is 19.4. The summed E-state index contributed by atoms with van der Waals surface area (Å²) in [5, 5.41) is 4.16. The van der Waals surface area contributed by atoms with Crippen molar-refractivity contribution in [3.05, 3.63) is 59.4 Å². The first-order valence-electron chi connectivity index (χ1n) is 11.9. The lowest BCUT2D eigenvalue weighted by atomic mass is 9.89. The van der Waals surface area contributed by atoms with Crippen molar-refractivity contribution in [1.82, 2.24) is 25.1 Å². The zero-order valence-corrected chi connectivity index (χ0v) is 19.5. The number of carbonyl (C=O) groups is 2. The second-order valence-electron chi connectivity index (χ2n) is 9.05. The summed E-state index contributed by atoms with van der Waals surface area (Å²) in [6.45, 7) is 3.93. The second-order valence-corrected chi connectivity index (χ2v) is 9.05. The number of alkyl halides is 3. The van der Waals surface area contributed by atoms with Crippen LogP contribution in [-0.2, 0) is 0 Å². The predicted molar refractivity (Wildman–Crippen MR) is 126 cm³/mol. The first kappa shape index (κ1) is 24.1. The van der Waals surface area contributed by atoms with Gasteiger partial charge in [0, 0.05) is 62.6 Å². The van der Waals surface area contributed by atoms with Crippen molar-refractivity contribution in [3.8, 4) is 5.75 Å². The number of carbonyl (C=O) groups excluding carboxylic acids is 2. The van der Waals surface area contributed by atoms with Gasteiger partial charge in [0.25, 0.3) is 11.8 Å². The molecule has 0 spiro atoms. The number of rotatable bonds is 4. The maximum Gasteiger partial charge on any atom is 0.573 e. The number of halogens is 3. The average molecular weight is 502 g/mol. The van der Waals surface area contributed by atoms with Gasteiger partial charge in [0.05, 0.1) is 5.56 Å². The Morgan fingerprint density at radius 2 is 1.58 bits per heavy atom. The van der Waals surface area contributed by atoms with Gasteiger partial charge >= 0.3 is 6.36 Å². The molecule has 1 aromatic carbocycles. The number of pyridine rings is 1. The Morgan fingerprint density at radius 1 is 0.944 bits per heavy atom. The molecule has 2 saturated heterocycles. The molecule has 2 N–H and O–H groups in total. The van der Waals surface area contributed by atoms with E-state index < -0.39 is 6.36 Å². The van der Waals surface area contributed by atoms with Crippen molar-refractivity contribution in [1.29, 1.82) is 0 Å². The van der Waals surface area contributed by atoms with Gasteiger partial charge in [-0.2, -0.15) is 0 Å². The number of likely N-dealkylation sites (tertiary alicyclic amines) is 1. The Kier molecular flexibility index (Phi) is 6.57. The normalized spacial score (nSPS) is 17.4. The number of aromatic nitrogens is 2. The molecule has 190 valence electrons. The molecule has 2 amide bonds. The maximum absolute atomic E-state index is 12.9. The molecule has 3 aromatic rings. The number of aromatic amines is 1. The molecule has 0 aliphatic carbocycles. The highest BCUT2D eigenvalue weighted by molar-refractivity contribution is 5.98. The Hall–Kier alpha value is -3.60. The van der Waals surface area contributed by atoms with E-state index in [1.165, 1.54) is 12.1 Å². The van der Waals surface area contributed by atoms with Crippen LogP contribution in [0, 0.1) is 0 Å². The van der Waals surface area contributed by atoms with Gasteiger partial charge in [0.1, 0.15) is 11.4 Å². The molecule has 8 nitrogen and oxygen atoms in total. The van der Waals surface area contributed by atoms with E-state index in [0.717, 1.165) is 54.7 Å². The smallest absolute Gasteiger partial charge is 0.406 e. The Balaban J connectivity index is 1.25. The topological polar surface area (TPSA) is 90.6 Å². The van der Waals surface area contributed by atoms with Crippen molar-refractivity contribution in [2.75, 3.05) is 39.3 Å². The fraction of sp³-hybridized carbons (Fsp3) is 0.400. The molecule has 0 atom stereocenters. The standard InChI is InChI=1S/C25H26F3N5O3/c26-25(27,28)36-19-3-1-17(2-4-19)23(34)32-9-5-16(6-10-32)21-15-31-22-20(21)13-18(14-30-22)24(35)33-11-7-29-8-12-33/h1-4,13-16,29H,5-12H2,(H,30,31). The number of piperazine rings is 1. The third-order valence-electron chi connectivity index (χ3n) is 6.77. The minimum absolute atomic E-state index is 0.0230. The Morgan fingerprint density at radius 3 is 2.25 bits per heavy atom. The molecule has 2 aromatic heterocycles. The molecule has 0 unspecified atom stereocenters. The first-order chi connectivity index (χ1) is 17.3. The third kappa shape index (κ3) is 5.15. The van der Waals surface area contributed by atoms with Crippen LogP contribution in [0.2, 0.25) is 0 Å². The quantitative estimate of drug-likeness (QED) is 0.571. The van der Waals surface area contributed by atoms with Crippen molar-refractivity contribution in [2.45, 2.75) is 25.1 Å². The van der Waals surface area contributed by atoms with Crippen molar-refractivity contribution < 1.29 is 27.5 Å². The van der Waals surface area contributed by atoms with Crippen LogP contribution < -0.4 is 10.1 Å². The zero-order valence-electron chi connectivity index (χ0n) is 19.5. The first-order valence-corrected chi connectivity index (χ1v) is 11.9. The van der Waals surface area contributed by atoms with Crippen LogP contribution in [-0.4, -0.2) is 77.2 Å². The van der Waals surface area contributed by atoms with E-state index in [4.69, 9.17) is 0 Å². The Labute approximate surface area is 205 Å². The largest absolute Gasteiger partial charge is 0.573 e. The van der Waals surface area contributed by atoms with Crippen molar-refractivity contribution in [2.24, 2.45) is 0 Å². The van der Waals surface area contributed by atoms with Gasteiger partial charge in [-0.1, -0.05) is 0 Å². The molecule has 2 aliphatic rings. The number of amides is 2. The number of hydrogen-bond donors (Lipinski definition) is 2. The van der Waals surface area contributed by atoms with E-state index in [0.29, 0.717) is 37.3 Å². The van der Waals surface area contributed by atoms with Gasteiger partial charge in [0.15, 0.2) is 0 Å². The number of ether oxygens (including phenoxy) is 1. The molecular weight excluding hydrogens is 475 g/mol. The number of hydrogen-bond acceptors (Lipinski definition) is 5. The number of nitrogens with one attached hydrogen (secondary N) is 2. The summed E-state index contributed by atoms with van der Waals surface area (Å²) in [7, 11) is 0. The fourth-order valence-electron chi connectivity index (χ4n) is 4.90. The summed E-state index contributed by atoms with van der Waals surface area (Å²) in [6.07, 6.45) is 0.218. The van der Waals surface area contributed by atoms with E-state index in [1.54, 1.807) is 11.1 Å². The van der Waals surface area contributed by atoms with E-state index in [2.05, 4.69) is 20.0 Å². The molecule has 0 bridgehead atoms. The Bertz CT molecular complexity index is 1240. The monoisotopic (exact) mass is 501 g/mol. The van der Waals surface area contributed by atoms with Crippen LogP contribution in [0.3, 0.4) is 0 Å². The minimum atomic E-state index is -4.77. The second kappa shape index (κ2) is 9.81. The molecule has 5 rings (SSSR count). The van der Waals surface area contributed by atoms with E-state index >= 15 is 0 Å². The van der Waals surface area contributed by atoms with Crippen LogP contribution in [0.5, 0.6) is 5.75 Å². The van der Waals surface area contributed by atoms with E-state index in [-0.39, 0.29) is 23.5 Å². The average Bonchev–Trinajstić information content (AvgIpc) is 3.31. The third-order valence-corrected chi connectivity index (χ3v) is 6.77. The van der Waals surface area contributed by atoms with Gasteiger partial charge < -0.3 is 24.8 Å². The number of benzene rings is 1. The summed E-state index contributed by atoms with van der Waals surface area (Å²) < 4.78 is 41.0. The lowest BCUT2D eigenvalue weighted by Gasteiger charge is -2.32. The van der Waals surface area contributed by atoms with Gasteiger partial charge in [-0.05, 0) is 54.7 Å². The van der Waals surface area contributed by atoms with E-state index in [9.17, 15) is 22.8 Å². The molecule has 0 radical (unpaired) electrons. The molecular formula is C25H26F3N5O3. The minimum Gasteiger partial charge on any atom is -0.406 e. The van der Waals surface area contributed by atoms with Crippen molar-refractivity contribution in [3.63, 3.8) is 0 Å². The predicted octanol–water partition coefficient (Wildman–Crippen LogP) is 3.53. The van der Waals surface area contributed by atoms with Gasteiger partial charge in [-0.3, -0.25) is 9.59 Å². The molecule has 11 heteroatoms. The number of fused-ring (bicyclic) bond motifs is 1. The van der Waals surface area contributed by atoms with Crippen LogP contribution in [0.1, 0.15) is 45.0 Å². The molecule has 4 heterocycles. The summed E-state index contributed by atoms with van der Waals surface area (Å²) in [4.78, 5) is 37.0. The van der Waals surface area contributed by atoms with Crippen LogP contribution in [0.15, 0.2) is 42.7 Å². The van der Waals surface area contributed by atoms with Gasteiger partial charge in [-0.25, -0.2) is 4.98 Å². The maximum atomic E-state index is 12.9. The molecule has 2 aliphatic heterocycles. The summed E-state index contributed by atoms with van der Waals surface area (Å²) in [5.74, 6) is -0.418. The highest BCUT2D eigenvalue weighted by Crippen LogP contribution is 2.34. The molecule has 2 fully saturated rings. The highest BCUT2D eigenvalue weighted by Gasteiger charge is 2.31. The SMILES string of the molecule is O=C(c1cnc2[nH]cc(C3CCN(C(=O)c4ccc(OC(F)(F)F)cc4)CC3)c2c1)N1CCNCC1. The summed E-state index contributed by atoms with van der Waals surface area (Å²) in [5.41, 5.74) is 2.68. The lowest BCUT2D eigenvalue weighted by molar-refractivity contribution is -0.274.